The lowest BCUT2D eigenvalue weighted by molar-refractivity contribution is -0.385. The maximum atomic E-state index is 13.2. The van der Waals surface area contributed by atoms with Gasteiger partial charge in [-0.1, -0.05) is 36.4 Å². The fourth-order valence-corrected chi connectivity index (χ4v) is 3.16. The number of ether oxygens (including phenoxy) is 2. The van der Waals surface area contributed by atoms with E-state index in [0.29, 0.717) is 11.3 Å². The number of anilines is 1. The number of rotatable bonds is 8. The molecule has 0 aromatic heterocycles. The first kappa shape index (κ1) is 24.0. The van der Waals surface area contributed by atoms with E-state index >= 15 is 0 Å². The SMILES string of the molecule is COc1cc(C=C(NC(=O)c2ccccc2)C(=O)Nc2ccccc2C)c([N+](=O)[O-])cc1OC. The number of nitro groups is 1. The van der Waals surface area contributed by atoms with Crippen LogP contribution in [0.4, 0.5) is 11.4 Å². The number of nitro benzene ring substituents is 1. The topological polar surface area (TPSA) is 120 Å². The first-order valence-electron chi connectivity index (χ1n) is 10.2. The molecule has 3 rings (SSSR count). The zero-order valence-electron chi connectivity index (χ0n) is 18.8. The zero-order chi connectivity index (χ0) is 24.7. The summed E-state index contributed by atoms with van der Waals surface area (Å²) < 4.78 is 10.4. The minimum absolute atomic E-state index is 0.0472. The van der Waals surface area contributed by atoms with Crippen LogP contribution in [0.1, 0.15) is 21.5 Å². The number of benzene rings is 3. The van der Waals surface area contributed by atoms with E-state index in [1.54, 1.807) is 42.5 Å². The number of para-hydroxylation sites is 1. The van der Waals surface area contributed by atoms with E-state index in [1.807, 2.05) is 19.1 Å². The predicted octanol–water partition coefficient (Wildman–Crippen LogP) is 4.33. The average Bonchev–Trinajstić information content (AvgIpc) is 2.84. The molecule has 3 aromatic carbocycles. The van der Waals surface area contributed by atoms with Gasteiger partial charge in [0.1, 0.15) is 5.70 Å². The highest BCUT2D eigenvalue weighted by Gasteiger charge is 2.22. The van der Waals surface area contributed by atoms with Crippen LogP contribution in [0.5, 0.6) is 11.5 Å². The van der Waals surface area contributed by atoms with Crippen LogP contribution in [0.2, 0.25) is 0 Å². The van der Waals surface area contributed by atoms with E-state index in [4.69, 9.17) is 9.47 Å². The number of nitrogens with zero attached hydrogens (tertiary/aromatic N) is 1. The van der Waals surface area contributed by atoms with Crippen molar-refractivity contribution >= 4 is 29.3 Å². The second kappa shape index (κ2) is 10.8. The summed E-state index contributed by atoms with van der Waals surface area (Å²) >= 11 is 0. The molecule has 0 aliphatic heterocycles. The van der Waals surface area contributed by atoms with E-state index in [0.717, 1.165) is 5.56 Å². The van der Waals surface area contributed by atoms with E-state index in [9.17, 15) is 19.7 Å². The minimum Gasteiger partial charge on any atom is -0.493 e. The first-order valence-corrected chi connectivity index (χ1v) is 10.2. The highest BCUT2D eigenvalue weighted by Crippen LogP contribution is 2.35. The van der Waals surface area contributed by atoms with Gasteiger partial charge in [0.05, 0.1) is 30.8 Å². The Kier molecular flexibility index (Phi) is 7.60. The van der Waals surface area contributed by atoms with Gasteiger partial charge in [0.25, 0.3) is 17.5 Å². The lowest BCUT2D eigenvalue weighted by Gasteiger charge is -2.13. The van der Waals surface area contributed by atoms with Crippen molar-refractivity contribution in [1.29, 1.82) is 0 Å². The highest BCUT2D eigenvalue weighted by molar-refractivity contribution is 6.11. The van der Waals surface area contributed by atoms with Crippen LogP contribution < -0.4 is 20.1 Å². The highest BCUT2D eigenvalue weighted by atomic mass is 16.6. The van der Waals surface area contributed by atoms with Crippen molar-refractivity contribution in [2.24, 2.45) is 0 Å². The smallest absolute Gasteiger partial charge is 0.280 e. The molecule has 0 saturated heterocycles. The Balaban J connectivity index is 2.09. The zero-order valence-corrected chi connectivity index (χ0v) is 18.8. The summed E-state index contributed by atoms with van der Waals surface area (Å²) in [6.07, 6.45) is 1.23. The molecule has 0 aliphatic carbocycles. The Bertz CT molecular complexity index is 1250. The minimum atomic E-state index is -0.650. The van der Waals surface area contributed by atoms with Crippen molar-refractivity contribution in [3.63, 3.8) is 0 Å². The van der Waals surface area contributed by atoms with Gasteiger partial charge in [-0.2, -0.15) is 0 Å². The molecule has 3 aromatic rings. The second-order valence-electron chi connectivity index (χ2n) is 7.17. The lowest BCUT2D eigenvalue weighted by atomic mass is 10.1. The van der Waals surface area contributed by atoms with E-state index in [-0.39, 0.29) is 28.4 Å². The molecule has 34 heavy (non-hydrogen) atoms. The van der Waals surface area contributed by atoms with Gasteiger partial charge in [-0.15, -0.1) is 0 Å². The molecule has 0 radical (unpaired) electrons. The van der Waals surface area contributed by atoms with E-state index in [1.165, 1.54) is 32.4 Å². The van der Waals surface area contributed by atoms with Gasteiger partial charge < -0.3 is 20.1 Å². The Morgan fingerprint density at radius 3 is 2.18 bits per heavy atom. The summed E-state index contributed by atoms with van der Waals surface area (Å²) in [5.74, 6) is -0.810. The normalized spacial score (nSPS) is 10.9. The lowest BCUT2D eigenvalue weighted by Crippen LogP contribution is -2.31. The third-order valence-electron chi connectivity index (χ3n) is 4.95. The maximum Gasteiger partial charge on any atom is 0.280 e. The molecule has 2 N–H and O–H groups in total. The second-order valence-corrected chi connectivity index (χ2v) is 7.17. The predicted molar refractivity (Wildman–Crippen MR) is 128 cm³/mol. The van der Waals surface area contributed by atoms with Gasteiger partial charge in [0.2, 0.25) is 0 Å². The molecule has 0 fully saturated rings. The fourth-order valence-electron chi connectivity index (χ4n) is 3.16. The van der Waals surface area contributed by atoms with Crippen molar-refractivity contribution < 1.29 is 24.0 Å². The van der Waals surface area contributed by atoms with Crippen LogP contribution in [0, 0.1) is 17.0 Å². The van der Waals surface area contributed by atoms with Crippen LogP contribution in [-0.4, -0.2) is 31.0 Å². The molecule has 174 valence electrons. The molecule has 0 heterocycles. The quantitative estimate of drug-likeness (QED) is 0.293. The molecule has 0 unspecified atom stereocenters. The van der Waals surface area contributed by atoms with Crippen molar-refractivity contribution in [2.75, 3.05) is 19.5 Å². The molecule has 9 heteroatoms. The van der Waals surface area contributed by atoms with Crippen LogP contribution >= 0.6 is 0 Å². The average molecular weight is 461 g/mol. The molecular formula is C25H23N3O6. The molecular weight excluding hydrogens is 438 g/mol. The van der Waals surface area contributed by atoms with Crippen LogP contribution in [0.3, 0.4) is 0 Å². The molecule has 0 saturated carbocycles. The van der Waals surface area contributed by atoms with Gasteiger partial charge in [-0.05, 0) is 42.8 Å². The van der Waals surface area contributed by atoms with Crippen molar-refractivity contribution in [2.45, 2.75) is 6.92 Å². The largest absolute Gasteiger partial charge is 0.493 e. The molecule has 0 spiro atoms. The summed E-state index contributed by atoms with van der Waals surface area (Å²) in [5.41, 5.74) is 1.20. The van der Waals surface area contributed by atoms with E-state index in [2.05, 4.69) is 10.6 Å². The van der Waals surface area contributed by atoms with E-state index < -0.39 is 16.7 Å². The molecule has 0 atom stereocenters. The third kappa shape index (κ3) is 5.57. The molecule has 0 aliphatic rings. The summed E-state index contributed by atoms with van der Waals surface area (Å²) in [5, 5.41) is 17.0. The number of nitrogens with one attached hydrogen (secondary N) is 2. The van der Waals surface area contributed by atoms with Crippen LogP contribution in [0.15, 0.2) is 72.4 Å². The molecule has 2 amide bonds. The molecule has 0 bridgehead atoms. The summed E-state index contributed by atoms with van der Waals surface area (Å²) in [4.78, 5) is 37.1. The van der Waals surface area contributed by atoms with Crippen LogP contribution in [0.25, 0.3) is 6.08 Å². The number of aryl methyl sites for hydroxylation is 1. The number of hydrogen-bond acceptors (Lipinski definition) is 6. The standard InChI is InChI=1S/C25H23N3O6/c1-16-9-7-8-12-19(16)26-25(30)20(27-24(29)17-10-5-4-6-11-17)13-18-14-22(33-2)23(34-3)15-21(18)28(31)32/h4-15H,1-3H3,(H,26,30)(H,27,29). The summed E-state index contributed by atoms with van der Waals surface area (Å²) in [6, 6.07) is 18.0. The van der Waals surface area contributed by atoms with Gasteiger partial charge in [0.15, 0.2) is 11.5 Å². The monoisotopic (exact) mass is 461 g/mol. The fraction of sp³-hybridized carbons (Fsp3) is 0.120. The Labute approximate surface area is 196 Å². The number of hydrogen-bond donors (Lipinski definition) is 2. The third-order valence-corrected chi connectivity index (χ3v) is 4.95. The Morgan fingerprint density at radius 2 is 1.56 bits per heavy atom. The van der Waals surface area contributed by atoms with Crippen molar-refractivity contribution in [3.8, 4) is 11.5 Å². The molecule has 9 nitrogen and oxygen atoms in total. The van der Waals surface area contributed by atoms with Gasteiger partial charge in [0, 0.05) is 11.3 Å². The number of methoxy groups -OCH3 is 2. The maximum absolute atomic E-state index is 13.2. The number of amides is 2. The van der Waals surface area contributed by atoms with Crippen molar-refractivity contribution in [3.05, 3.63) is 99.2 Å². The number of carbonyl (C=O) groups excluding carboxylic acids is 2. The van der Waals surface area contributed by atoms with Crippen LogP contribution in [-0.2, 0) is 4.79 Å². The summed E-state index contributed by atoms with van der Waals surface area (Å²) in [7, 11) is 2.75. The Morgan fingerprint density at radius 1 is 0.941 bits per heavy atom. The number of carbonyl (C=O) groups is 2. The van der Waals surface area contributed by atoms with Gasteiger partial charge >= 0.3 is 0 Å². The van der Waals surface area contributed by atoms with Gasteiger partial charge in [-0.25, -0.2) is 0 Å². The summed E-state index contributed by atoms with van der Waals surface area (Å²) in [6.45, 7) is 1.82. The van der Waals surface area contributed by atoms with Gasteiger partial charge in [-0.3, -0.25) is 19.7 Å². The Hall–Kier alpha value is -4.66. The first-order chi connectivity index (χ1) is 16.3. The van der Waals surface area contributed by atoms with Crippen molar-refractivity contribution in [1.82, 2.24) is 5.32 Å².